The third-order valence-corrected chi connectivity index (χ3v) is 2.59. The molecule has 72 valence electrons. The van der Waals surface area contributed by atoms with Crippen molar-refractivity contribution < 1.29 is 14.3 Å². The number of fused-ring (bicyclic) bond motifs is 2. The Morgan fingerprint density at radius 3 is 2.85 bits per heavy atom. The molecule has 3 rings (SSSR count). The van der Waals surface area contributed by atoms with E-state index in [4.69, 9.17) is 9.47 Å². The molecule has 0 aromatic rings. The Bertz CT molecular complexity index is 234. The number of ether oxygens (including phenoxy) is 2. The van der Waals surface area contributed by atoms with Gasteiger partial charge >= 0.3 is 5.97 Å². The first-order valence-corrected chi connectivity index (χ1v) is 4.81. The molecule has 1 saturated heterocycles. The van der Waals surface area contributed by atoms with E-state index in [1.807, 2.05) is 13.0 Å². The summed E-state index contributed by atoms with van der Waals surface area (Å²) in [5.41, 5.74) is 0. The predicted molar refractivity (Wildman–Crippen MR) is 47.2 cm³/mol. The van der Waals surface area contributed by atoms with E-state index in [9.17, 15) is 4.79 Å². The molecule has 0 spiro atoms. The van der Waals surface area contributed by atoms with Gasteiger partial charge in [-0.3, -0.25) is 0 Å². The second-order valence-corrected chi connectivity index (χ2v) is 3.47. The van der Waals surface area contributed by atoms with Gasteiger partial charge in [-0.15, -0.1) is 0 Å². The van der Waals surface area contributed by atoms with Crippen molar-refractivity contribution in [3.63, 3.8) is 0 Å². The van der Waals surface area contributed by atoms with Gasteiger partial charge in [0.2, 0.25) is 0 Å². The molecule has 0 radical (unpaired) electrons. The Kier molecular flexibility index (Phi) is 2.36. The van der Waals surface area contributed by atoms with E-state index < -0.39 is 0 Å². The van der Waals surface area contributed by atoms with Crippen molar-refractivity contribution in [3.8, 4) is 0 Å². The Balaban J connectivity index is 2.02. The number of esters is 1. The molecule has 13 heavy (non-hydrogen) atoms. The zero-order valence-corrected chi connectivity index (χ0v) is 7.73. The first-order valence-electron chi connectivity index (χ1n) is 4.81. The van der Waals surface area contributed by atoms with Crippen LogP contribution < -0.4 is 0 Å². The summed E-state index contributed by atoms with van der Waals surface area (Å²) in [5.74, 6) is 0.0330. The average molecular weight is 182 g/mol. The molecule has 0 saturated carbocycles. The zero-order chi connectivity index (χ0) is 9.26. The fourth-order valence-corrected chi connectivity index (χ4v) is 1.93. The Labute approximate surface area is 77.7 Å². The maximum absolute atomic E-state index is 11.4. The van der Waals surface area contributed by atoms with Crippen LogP contribution in [0.4, 0.5) is 0 Å². The summed E-state index contributed by atoms with van der Waals surface area (Å²) in [4.78, 5) is 11.4. The number of hydrogen-bond donors (Lipinski definition) is 0. The number of hydrogen-bond acceptors (Lipinski definition) is 3. The molecule has 0 amide bonds. The highest BCUT2D eigenvalue weighted by atomic mass is 16.6. The highest BCUT2D eigenvalue weighted by Crippen LogP contribution is 2.32. The van der Waals surface area contributed by atoms with Crippen LogP contribution in [0.5, 0.6) is 0 Å². The van der Waals surface area contributed by atoms with E-state index >= 15 is 0 Å². The van der Waals surface area contributed by atoms with Gasteiger partial charge < -0.3 is 9.47 Å². The molecule has 3 nitrogen and oxygen atoms in total. The summed E-state index contributed by atoms with van der Waals surface area (Å²) < 4.78 is 10.5. The van der Waals surface area contributed by atoms with E-state index in [-0.39, 0.29) is 24.1 Å². The van der Waals surface area contributed by atoms with Crippen molar-refractivity contribution in [1.29, 1.82) is 0 Å². The van der Waals surface area contributed by atoms with Gasteiger partial charge in [0.1, 0.15) is 0 Å². The Morgan fingerprint density at radius 1 is 1.54 bits per heavy atom. The summed E-state index contributed by atoms with van der Waals surface area (Å²) in [7, 11) is 0. The second kappa shape index (κ2) is 3.50. The highest BCUT2D eigenvalue weighted by molar-refractivity contribution is 5.75. The molecular formula is C10H14O3. The molecule has 1 aliphatic carbocycles. The number of carbonyl (C=O) groups is 1. The average Bonchev–Trinajstić information content (AvgIpc) is 2.20. The van der Waals surface area contributed by atoms with Crippen LogP contribution in [0, 0.1) is 5.92 Å². The van der Waals surface area contributed by atoms with Gasteiger partial charge in [0.15, 0.2) is 6.10 Å². The summed E-state index contributed by atoms with van der Waals surface area (Å²) in [5, 5.41) is 0. The molecule has 0 N–H and O–H groups in total. The Morgan fingerprint density at radius 2 is 2.38 bits per heavy atom. The van der Waals surface area contributed by atoms with Crippen LogP contribution >= 0.6 is 0 Å². The lowest BCUT2D eigenvalue weighted by molar-refractivity contribution is -0.168. The van der Waals surface area contributed by atoms with Gasteiger partial charge in [0, 0.05) is 5.92 Å². The van der Waals surface area contributed by atoms with Crippen LogP contribution in [-0.4, -0.2) is 24.8 Å². The van der Waals surface area contributed by atoms with Crippen molar-refractivity contribution in [2.45, 2.75) is 32.0 Å². The molecule has 3 aliphatic rings. The Hall–Kier alpha value is -0.830. The largest absolute Gasteiger partial charge is 0.464 e. The van der Waals surface area contributed by atoms with E-state index in [1.165, 1.54) is 0 Å². The van der Waals surface area contributed by atoms with Gasteiger partial charge in [0.05, 0.1) is 12.7 Å². The van der Waals surface area contributed by atoms with Crippen molar-refractivity contribution in [1.82, 2.24) is 0 Å². The third-order valence-electron chi connectivity index (χ3n) is 2.59. The minimum Gasteiger partial charge on any atom is -0.464 e. The smallest absolute Gasteiger partial charge is 0.335 e. The zero-order valence-electron chi connectivity index (χ0n) is 7.73. The van der Waals surface area contributed by atoms with Gasteiger partial charge in [-0.25, -0.2) is 4.79 Å². The molecule has 2 heterocycles. The molecule has 3 atom stereocenters. The van der Waals surface area contributed by atoms with Crippen LogP contribution in [-0.2, 0) is 14.3 Å². The van der Waals surface area contributed by atoms with E-state index in [0.717, 1.165) is 12.8 Å². The van der Waals surface area contributed by atoms with Crippen molar-refractivity contribution in [2.75, 3.05) is 6.61 Å². The lowest BCUT2D eigenvalue weighted by Gasteiger charge is -2.36. The van der Waals surface area contributed by atoms with E-state index in [1.54, 1.807) is 0 Å². The van der Waals surface area contributed by atoms with Crippen molar-refractivity contribution in [3.05, 3.63) is 12.2 Å². The standard InChI is InChI=1S/C10H14O3/c1-2-12-10(11)9-7-3-5-8(13-9)6-4-7/h3,5,7-9H,2,4,6H2,1H3/t7-,8+,9+/m0/s1. The fraction of sp³-hybridized carbons (Fsp3) is 0.700. The summed E-state index contributed by atoms with van der Waals surface area (Å²) in [6, 6.07) is 0. The van der Waals surface area contributed by atoms with Crippen LogP contribution in [0.3, 0.4) is 0 Å². The third kappa shape index (κ3) is 1.61. The van der Waals surface area contributed by atoms with E-state index in [2.05, 4.69) is 6.08 Å². The molecule has 3 heteroatoms. The van der Waals surface area contributed by atoms with Crippen LogP contribution in [0.1, 0.15) is 19.8 Å². The fourth-order valence-electron chi connectivity index (χ4n) is 1.93. The first-order chi connectivity index (χ1) is 6.31. The molecule has 0 unspecified atom stereocenters. The summed E-state index contributed by atoms with van der Waals surface area (Å²) >= 11 is 0. The second-order valence-electron chi connectivity index (χ2n) is 3.47. The summed E-state index contributed by atoms with van der Waals surface area (Å²) in [6.07, 6.45) is 6.01. The monoisotopic (exact) mass is 182 g/mol. The SMILES string of the molecule is CCOC(=O)[C@@H]1O[C@@H]2C=C[C@H]1CC2. The van der Waals surface area contributed by atoms with Gasteiger partial charge in [0.25, 0.3) is 0 Å². The van der Waals surface area contributed by atoms with Crippen LogP contribution in [0.25, 0.3) is 0 Å². The predicted octanol–water partition coefficient (Wildman–Crippen LogP) is 1.28. The molecular weight excluding hydrogens is 168 g/mol. The van der Waals surface area contributed by atoms with Crippen LogP contribution in [0.2, 0.25) is 0 Å². The normalized spacial score (nSPS) is 36.2. The lowest BCUT2D eigenvalue weighted by Crippen LogP contribution is -2.43. The highest BCUT2D eigenvalue weighted by Gasteiger charge is 2.38. The number of rotatable bonds is 2. The quantitative estimate of drug-likeness (QED) is 0.476. The van der Waals surface area contributed by atoms with Crippen molar-refractivity contribution >= 4 is 5.97 Å². The van der Waals surface area contributed by atoms with Crippen LogP contribution in [0.15, 0.2) is 12.2 Å². The maximum Gasteiger partial charge on any atom is 0.335 e. The summed E-state index contributed by atoms with van der Waals surface area (Å²) in [6.45, 7) is 2.24. The molecule has 2 aliphatic heterocycles. The van der Waals surface area contributed by atoms with Gasteiger partial charge in [-0.1, -0.05) is 12.2 Å². The minimum atomic E-state index is -0.344. The molecule has 0 aromatic carbocycles. The topological polar surface area (TPSA) is 35.5 Å². The van der Waals surface area contributed by atoms with Gasteiger partial charge in [-0.05, 0) is 19.8 Å². The molecule has 2 bridgehead atoms. The maximum atomic E-state index is 11.4. The van der Waals surface area contributed by atoms with Crippen molar-refractivity contribution in [2.24, 2.45) is 5.92 Å². The minimum absolute atomic E-state index is 0.138. The molecule has 1 fully saturated rings. The van der Waals surface area contributed by atoms with E-state index in [0.29, 0.717) is 6.61 Å². The number of carbonyl (C=O) groups excluding carboxylic acids is 1. The van der Waals surface area contributed by atoms with Gasteiger partial charge in [-0.2, -0.15) is 0 Å². The lowest BCUT2D eigenvalue weighted by atomic mass is 9.86. The molecule has 0 aromatic heterocycles. The first kappa shape index (κ1) is 8.75.